The summed E-state index contributed by atoms with van der Waals surface area (Å²) in [6, 6.07) is 51.9. The van der Waals surface area contributed by atoms with Crippen molar-refractivity contribution in [3.05, 3.63) is 168 Å². The monoisotopic (exact) mass is 682 g/mol. The first-order chi connectivity index (χ1) is 24.1. The molecule has 0 atom stereocenters. The van der Waals surface area contributed by atoms with E-state index < -0.39 is 8.07 Å². The first kappa shape index (κ1) is 29.8. The molecule has 0 N–H and O–H groups in total. The smallest absolute Gasteiger partial charge is 0.115 e. The number of allylic oxidation sites excluding steroid dienone is 2. The minimum absolute atomic E-state index is 0.950. The van der Waals surface area contributed by atoms with Crippen LogP contribution < -0.4 is 0 Å². The van der Waals surface area contributed by atoms with Gasteiger partial charge in [-0.2, -0.15) is 17.5 Å². The highest BCUT2D eigenvalue weighted by molar-refractivity contribution is 7.13. The third kappa shape index (κ3) is 4.84. The molecule has 2 aromatic heterocycles. The minimum Gasteiger partial charge on any atom is -0.172 e. The lowest BCUT2D eigenvalue weighted by Crippen LogP contribution is -2.29. The molecule has 0 saturated heterocycles. The van der Waals surface area contributed by atoms with E-state index in [1.54, 1.807) is 0 Å². The van der Waals surface area contributed by atoms with Crippen LogP contribution in [0.5, 0.6) is 0 Å². The Morgan fingerprint density at radius 2 is 0.633 bits per heavy atom. The molecule has 0 radical (unpaired) electrons. The summed E-state index contributed by atoms with van der Waals surface area (Å²) in [5, 5.41) is 2.74. The zero-order chi connectivity index (χ0) is 33.0. The van der Waals surface area contributed by atoms with E-state index in [1.165, 1.54) is 56.1 Å². The summed E-state index contributed by atoms with van der Waals surface area (Å²) in [5.41, 5.74) is 15.6. The molecule has 0 spiro atoms. The van der Waals surface area contributed by atoms with Gasteiger partial charge in [0.25, 0.3) is 0 Å². The lowest BCUT2D eigenvalue weighted by Gasteiger charge is -2.27. The van der Waals surface area contributed by atoms with Crippen molar-refractivity contribution < 1.29 is 0 Å². The van der Waals surface area contributed by atoms with Crippen LogP contribution in [0.2, 0.25) is 13.1 Å². The topological polar surface area (TPSA) is 51.6 Å². The van der Waals surface area contributed by atoms with Gasteiger partial charge in [-0.25, -0.2) is 0 Å². The number of fused-ring (bicyclic) bond motifs is 2. The van der Waals surface area contributed by atoms with Crippen LogP contribution in [0.4, 0.5) is 0 Å². The van der Waals surface area contributed by atoms with Crippen LogP contribution >= 0.6 is 23.5 Å². The van der Waals surface area contributed by atoms with Crippen molar-refractivity contribution in [2.75, 3.05) is 0 Å². The molecule has 0 amide bonds. The normalized spacial score (nSPS) is 14.3. The SMILES string of the molecule is C[Si]1(C)C(c2ccc(-c3ccccc3)c3nsnc23)=C(c2ccccc2)C(c2ccccc2)=C1c1ccc(-c2ccccc2)c2nsnc12. The molecule has 7 heteroatoms. The second kappa shape index (κ2) is 12.0. The lowest BCUT2D eigenvalue weighted by atomic mass is 9.88. The molecule has 0 fully saturated rings. The van der Waals surface area contributed by atoms with E-state index in [0.717, 1.165) is 55.4 Å². The van der Waals surface area contributed by atoms with Crippen molar-refractivity contribution in [1.82, 2.24) is 17.5 Å². The molecule has 4 nitrogen and oxygen atoms in total. The first-order valence-electron chi connectivity index (χ1n) is 16.3. The van der Waals surface area contributed by atoms with Gasteiger partial charge < -0.3 is 0 Å². The Morgan fingerprint density at radius 3 is 0.980 bits per heavy atom. The molecule has 0 saturated carbocycles. The summed E-state index contributed by atoms with van der Waals surface area (Å²) in [5.74, 6) is 0. The average Bonchev–Trinajstić information content (AvgIpc) is 3.90. The Morgan fingerprint density at radius 1 is 0.347 bits per heavy atom. The number of benzene rings is 6. The summed E-state index contributed by atoms with van der Waals surface area (Å²) in [6.07, 6.45) is 0. The minimum atomic E-state index is -2.51. The molecule has 0 aliphatic carbocycles. The standard InChI is InChI=1S/C42H30N4S2Si/c1-49(2)41(33-25-23-31(27-15-7-3-8-16-27)37-39(33)45-47-43-37)35(29-19-11-5-12-20-29)36(30-21-13-6-14-22-30)42(49)34-26-24-32(28-17-9-4-10-18-28)38-40(34)46-48-44-38/h3-26H,1-2H3. The van der Waals surface area contributed by atoms with Gasteiger partial charge in [0.05, 0.1) is 23.5 Å². The van der Waals surface area contributed by atoms with Gasteiger partial charge in [0.1, 0.15) is 30.1 Å². The van der Waals surface area contributed by atoms with Crippen molar-refractivity contribution in [1.29, 1.82) is 0 Å². The van der Waals surface area contributed by atoms with Crippen molar-refractivity contribution in [2.24, 2.45) is 0 Å². The van der Waals surface area contributed by atoms with Gasteiger partial charge in [-0.15, -0.1) is 0 Å². The number of nitrogens with zero attached hydrogens (tertiary/aromatic N) is 4. The number of aromatic nitrogens is 4. The van der Waals surface area contributed by atoms with Crippen LogP contribution in [0.15, 0.2) is 146 Å². The van der Waals surface area contributed by atoms with Gasteiger partial charge in [0, 0.05) is 22.3 Å². The highest BCUT2D eigenvalue weighted by Crippen LogP contribution is 2.57. The molecule has 6 aromatic carbocycles. The van der Waals surface area contributed by atoms with Crippen LogP contribution in [0.3, 0.4) is 0 Å². The summed E-state index contributed by atoms with van der Waals surface area (Å²) >= 11 is 2.58. The van der Waals surface area contributed by atoms with E-state index in [9.17, 15) is 0 Å². The molecule has 1 aliphatic heterocycles. The molecule has 234 valence electrons. The molecule has 49 heavy (non-hydrogen) atoms. The quantitative estimate of drug-likeness (QED) is 0.164. The fraction of sp³-hybridized carbons (Fsp3) is 0.0476. The highest BCUT2D eigenvalue weighted by atomic mass is 32.1. The maximum atomic E-state index is 5.00. The molecule has 0 bridgehead atoms. The second-order valence-electron chi connectivity index (χ2n) is 12.8. The Bertz CT molecular complexity index is 2380. The van der Waals surface area contributed by atoms with Crippen molar-refractivity contribution in [3.8, 4) is 22.3 Å². The van der Waals surface area contributed by atoms with Gasteiger partial charge in [-0.3, -0.25) is 0 Å². The third-order valence-corrected chi connectivity index (χ3v) is 14.3. The maximum Gasteiger partial charge on any atom is 0.115 e. The van der Waals surface area contributed by atoms with Gasteiger partial charge in [0.2, 0.25) is 0 Å². The fourth-order valence-electron chi connectivity index (χ4n) is 7.57. The van der Waals surface area contributed by atoms with E-state index in [2.05, 4.69) is 159 Å². The largest absolute Gasteiger partial charge is 0.172 e. The Balaban J connectivity index is 1.36. The third-order valence-electron chi connectivity index (χ3n) is 9.66. The van der Waals surface area contributed by atoms with E-state index in [1.807, 2.05) is 0 Å². The summed E-state index contributed by atoms with van der Waals surface area (Å²) in [4.78, 5) is 0. The lowest BCUT2D eigenvalue weighted by molar-refractivity contribution is 1.56. The summed E-state index contributed by atoms with van der Waals surface area (Å²) < 4.78 is 19.8. The Hall–Kier alpha value is -5.34. The van der Waals surface area contributed by atoms with E-state index in [4.69, 9.17) is 17.5 Å². The van der Waals surface area contributed by atoms with Crippen LogP contribution in [-0.2, 0) is 0 Å². The van der Waals surface area contributed by atoms with Crippen molar-refractivity contribution in [3.63, 3.8) is 0 Å². The fourth-order valence-corrected chi connectivity index (χ4v) is 12.5. The molecule has 3 heterocycles. The zero-order valence-corrected chi connectivity index (χ0v) is 29.6. The van der Waals surface area contributed by atoms with Crippen LogP contribution in [0, 0.1) is 0 Å². The second-order valence-corrected chi connectivity index (χ2v) is 18.1. The van der Waals surface area contributed by atoms with Crippen LogP contribution in [0.25, 0.3) is 65.9 Å². The average molecular weight is 683 g/mol. The first-order valence-corrected chi connectivity index (χ1v) is 20.8. The summed E-state index contributed by atoms with van der Waals surface area (Å²) in [6.45, 7) is 4.98. The van der Waals surface area contributed by atoms with Gasteiger partial charge in [-0.1, -0.05) is 159 Å². The summed E-state index contributed by atoms with van der Waals surface area (Å²) in [7, 11) is -2.51. The molecule has 9 rings (SSSR count). The van der Waals surface area contributed by atoms with Crippen molar-refractivity contribution in [2.45, 2.75) is 13.1 Å². The highest BCUT2D eigenvalue weighted by Gasteiger charge is 2.45. The number of hydrogen-bond donors (Lipinski definition) is 0. The van der Waals surface area contributed by atoms with E-state index >= 15 is 0 Å². The van der Waals surface area contributed by atoms with Crippen molar-refractivity contribution >= 4 is 75.1 Å². The molecule has 8 aromatic rings. The van der Waals surface area contributed by atoms with Gasteiger partial charge >= 0.3 is 0 Å². The van der Waals surface area contributed by atoms with E-state index in [0.29, 0.717) is 0 Å². The number of hydrogen-bond acceptors (Lipinski definition) is 6. The van der Waals surface area contributed by atoms with Gasteiger partial charge in [0.15, 0.2) is 0 Å². The zero-order valence-electron chi connectivity index (χ0n) is 27.0. The number of rotatable bonds is 6. The maximum absolute atomic E-state index is 5.00. The Labute approximate surface area is 294 Å². The molecular weight excluding hydrogens is 653 g/mol. The predicted molar refractivity (Wildman–Crippen MR) is 210 cm³/mol. The van der Waals surface area contributed by atoms with E-state index in [-0.39, 0.29) is 0 Å². The molecule has 0 unspecified atom stereocenters. The van der Waals surface area contributed by atoms with Crippen LogP contribution in [0.1, 0.15) is 22.3 Å². The predicted octanol–water partition coefficient (Wildman–Crippen LogP) is 11.4. The van der Waals surface area contributed by atoms with Crippen LogP contribution in [-0.4, -0.2) is 25.6 Å². The van der Waals surface area contributed by atoms with Gasteiger partial charge in [-0.05, 0) is 43.8 Å². The molecule has 1 aliphatic rings. The Kier molecular flexibility index (Phi) is 7.27. The molecular formula is C42H30N4S2Si.